The maximum Gasteiger partial charge on any atom is 0.0725 e. The molecule has 2 atom stereocenters. The van der Waals surface area contributed by atoms with Crippen molar-refractivity contribution in [2.24, 2.45) is 5.41 Å². The predicted molar refractivity (Wildman–Crippen MR) is 39.6 cm³/mol. The monoisotopic (exact) mass is 144 g/mol. The summed E-state index contributed by atoms with van der Waals surface area (Å²) >= 11 is 0. The highest BCUT2D eigenvalue weighted by atomic mass is 16.3. The molecule has 0 aliphatic heterocycles. The molecule has 1 aliphatic carbocycles. The molecule has 10 heavy (non-hydrogen) atoms. The first-order valence-corrected chi connectivity index (χ1v) is 3.65. The van der Waals surface area contributed by atoms with Gasteiger partial charge in [-0.1, -0.05) is 13.8 Å². The molecule has 1 fully saturated rings. The molecule has 0 unspecified atom stereocenters. The summed E-state index contributed by atoms with van der Waals surface area (Å²) in [6, 6.07) is 0. The highest BCUT2D eigenvalue weighted by molar-refractivity contribution is 5.14. The van der Waals surface area contributed by atoms with Crippen LogP contribution in [0.4, 0.5) is 0 Å². The van der Waals surface area contributed by atoms with Gasteiger partial charge in [0, 0.05) is 11.8 Å². The summed E-state index contributed by atoms with van der Waals surface area (Å²) in [4.78, 5) is 0. The lowest BCUT2D eigenvalue weighted by Crippen LogP contribution is -2.69. The summed E-state index contributed by atoms with van der Waals surface area (Å²) in [5, 5.41) is 19.2. The largest absolute Gasteiger partial charge is 0.389 e. The van der Waals surface area contributed by atoms with Gasteiger partial charge in [0.15, 0.2) is 0 Å². The minimum atomic E-state index is -0.698. The van der Waals surface area contributed by atoms with Crippen molar-refractivity contribution in [2.75, 3.05) is 0 Å². The van der Waals surface area contributed by atoms with E-state index in [0.717, 1.165) is 0 Å². The molecule has 0 radical (unpaired) electrons. The van der Waals surface area contributed by atoms with Crippen LogP contribution in [-0.4, -0.2) is 21.4 Å². The second kappa shape index (κ2) is 1.56. The standard InChI is InChI=1S/C8H16O2/c1-6(2)7(3,9)5-8(6,4)10/h9-10H,5H2,1-4H3/t7-,8-/m1/s1. The molecule has 0 aromatic heterocycles. The molecule has 1 rings (SSSR count). The van der Waals surface area contributed by atoms with E-state index in [2.05, 4.69) is 0 Å². The SMILES string of the molecule is CC1(C)[C@](C)(O)C[C@@]1(C)O. The summed E-state index contributed by atoms with van der Waals surface area (Å²) in [6.45, 7) is 7.31. The summed E-state index contributed by atoms with van der Waals surface area (Å²) in [6.07, 6.45) is 0.479. The van der Waals surface area contributed by atoms with E-state index < -0.39 is 11.2 Å². The molecule has 1 saturated carbocycles. The van der Waals surface area contributed by atoms with E-state index in [1.165, 1.54) is 0 Å². The van der Waals surface area contributed by atoms with Crippen LogP contribution in [0.1, 0.15) is 34.1 Å². The number of hydrogen-bond donors (Lipinski definition) is 2. The molecule has 0 aromatic rings. The van der Waals surface area contributed by atoms with Gasteiger partial charge in [-0.3, -0.25) is 0 Å². The van der Waals surface area contributed by atoms with E-state index in [4.69, 9.17) is 0 Å². The molecule has 0 aromatic carbocycles. The molecule has 0 spiro atoms. The molecule has 60 valence electrons. The second-order valence-corrected chi connectivity index (χ2v) is 4.35. The molecule has 0 amide bonds. The van der Waals surface area contributed by atoms with Crippen molar-refractivity contribution in [2.45, 2.75) is 45.3 Å². The summed E-state index contributed by atoms with van der Waals surface area (Å²) in [5.41, 5.74) is -1.77. The number of rotatable bonds is 0. The van der Waals surface area contributed by atoms with Crippen molar-refractivity contribution in [3.8, 4) is 0 Å². The zero-order valence-corrected chi connectivity index (χ0v) is 7.10. The van der Waals surface area contributed by atoms with Crippen molar-refractivity contribution in [3.05, 3.63) is 0 Å². The molecule has 0 heterocycles. The highest BCUT2D eigenvalue weighted by Crippen LogP contribution is 2.56. The third-order valence-corrected chi connectivity index (χ3v) is 3.38. The lowest BCUT2D eigenvalue weighted by molar-refractivity contribution is -0.270. The Labute approximate surface area is 61.9 Å². The van der Waals surface area contributed by atoms with Crippen LogP contribution in [0.3, 0.4) is 0 Å². The Balaban J connectivity index is 2.85. The Bertz CT molecular complexity index is 141. The lowest BCUT2D eigenvalue weighted by Gasteiger charge is -2.61. The highest BCUT2D eigenvalue weighted by Gasteiger charge is 2.63. The average Bonchev–Trinajstić information content (AvgIpc) is 1.61. The van der Waals surface area contributed by atoms with Gasteiger partial charge in [0.2, 0.25) is 0 Å². The zero-order chi connectivity index (χ0) is 8.21. The Morgan fingerprint density at radius 2 is 1.20 bits per heavy atom. The lowest BCUT2D eigenvalue weighted by atomic mass is 9.50. The molecule has 0 bridgehead atoms. The third kappa shape index (κ3) is 0.663. The van der Waals surface area contributed by atoms with E-state index in [-0.39, 0.29) is 5.41 Å². The molecule has 0 saturated heterocycles. The van der Waals surface area contributed by atoms with Crippen molar-refractivity contribution >= 4 is 0 Å². The molecular weight excluding hydrogens is 128 g/mol. The quantitative estimate of drug-likeness (QED) is 0.530. The normalized spacial score (nSPS) is 52.2. The first-order chi connectivity index (χ1) is 4.21. The van der Waals surface area contributed by atoms with Gasteiger partial charge in [-0.05, 0) is 13.8 Å². The van der Waals surface area contributed by atoms with Crippen LogP contribution in [-0.2, 0) is 0 Å². The molecule has 2 nitrogen and oxygen atoms in total. The average molecular weight is 144 g/mol. The maximum atomic E-state index is 9.62. The first-order valence-electron chi connectivity index (χ1n) is 3.65. The Kier molecular flexibility index (Phi) is 1.25. The summed E-state index contributed by atoms with van der Waals surface area (Å²) in [5.74, 6) is 0. The molecule has 1 aliphatic rings. The summed E-state index contributed by atoms with van der Waals surface area (Å²) in [7, 11) is 0. The van der Waals surface area contributed by atoms with Crippen LogP contribution >= 0.6 is 0 Å². The van der Waals surface area contributed by atoms with Crippen LogP contribution in [0, 0.1) is 5.41 Å². The fourth-order valence-corrected chi connectivity index (χ4v) is 1.59. The van der Waals surface area contributed by atoms with Crippen LogP contribution in [0.5, 0.6) is 0 Å². The Morgan fingerprint density at radius 1 is 0.900 bits per heavy atom. The molecule has 2 N–H and O–H groups in total. The van der Waals surface area contributed by atoms with Gasteiger partial charge < -0.3 is 10.2 Å². The fraction of sp³-hybridized carbons (Fsp3) is 1.00. The fourth-order valence-electron chi connectivity index (χ4n) is 1.59. The van der Waals surface area contributed by atoms with Crippen LogP contribution < -0.4 is 0 Å². The van der Waals surface area contributed by atoms with Crippen LogP contribution in [0.2, 0.25) is 0 Å². The van der Waals surface area contributed by atoms with Gasteiger partial charge >= 0.3 is 0 Å². The van der Waals surface area contributed by atoms with E-state index in [9.17, 15) is 10.2 Å². The van der Waals surface area contributed by atoms with Crippen LogP contribution in [0.25, 0.3) is 0 Å². The van der Waals surface area contributed by atoms with E-state index >= 15 is 0 Å². The Morgan fingerprint density at radius 3 is 1.20 bits per heavy atom. The topological polar surface area (TPSA) is 40.5 Å². The van der Waals surface area contributed by atoms with Gasteiger partial charge in [-0.15, -0.1) is 0 Å². The minimum absolute atomic E-state index is 0.375. The van der Waals surface area contributed by atoms with Gasteiger partial charge in [0.05, 0.1) is 11.2 Å². The smallest absolute Gasteiger partial charge is 0.0725 e. The summed E-state index contributed by atoms with van der Waals surface area (Å²) < 4.78 is 0. The first kappa shape index (κ1) is 8.02. The zero-order valence-electron chi connectivity index (χ0n) is 7.10. The van der Waals surface area contributed by atoms with Crippen molar-refractivity contribution < 1.29 is 10.2 Å². The number of aliphatic hydroxyl groups is 2. The van der Waals surface area contributed by atoms with Gasteiger partial charge in [0.25, 0.3) is 0 Å². The Hall–Kier alpha value is -0.0800. The van der Waals surface area contributed by atoms with Crippen LogP contribution in [0.15, 0.2) is 0 Å². The van der Waals surface area contributed by atoms with Crippen molar-refractivity contribution in [1.82, 2.24) is 0 Å². The van der Waals surface area contributed by atoms with Crippen molar-refractivity contribution in [3.63, 3.8) is 0 Å². The van der Waals surface area contributed by atoms with Gasteiger partial charge in [-0.25, -0.2) is 0 Å². The second-order valence-electron chi connectivity index (χ2n) is 4.35. The van der Waals surface area contributed by atoms with E-state index in [1.54, 1.807) is 13.8 Å². The van der Waals surface area contributed by atoms with E-state index in [0.29, 0.717) is 6.42 Å². The number of hydrogen-bond acceptors (Lipinski definition) is 2. The molecule has 2 heteroatoms. The minimum Gasteiger partial charge on any atom is -0.389 e. The molecular formula is C8H16O2. The van der Waals surface area contributed by atoms with Gasteiger partial charge in [-0.2, -0.15) is 0 Å². The van der Waals surface area contributed by atoms with E-state index in [1.807, 2.05) is 13.8 Å². The van der Waals surface area contributed by atoms with Crippen molar-refractivity contribution in [1.29, 1.82) is 0 Å². The maximum absolute atomic E-state index is 9.62. The van der Waals surface area contributed by atoms with Gasteiger partial charge in [0.1, 0.15) is 0 Å². The predicted octanol–water partition coefficient (Wildman–Crippen LogP) is 0.918. The third-order valence-electron chi connectivity index (χ3n) is 3.38.